The van der Waals surface area contributed by atoms with Crippen LogP contribution in [0.25, 0.3) is 0 Å². The van der Waals surface area contributed by atoms with Gasteiger partial charge in [0.15, 0.2) is 0 Å². The van der Waals surface area contributed by atoms with Crippen molar-refractivity contribution in [2.45, 2.75) is 6.42 Å². The fraction of sp³-hybridized carbons (Fsp3) is 0.692. The van der Waals surface area contributed by atoms with Crippen molar-refractivity contribution in [3.63, 3.8) is 0 Å². The number of ether oxygens (including phenoxy) is 2. The molecule has 0 aliphatic carbocycles. The number of rotatable bonds is 4. The van der Waals surface area contributed by atoms with Crippen LogP contribution in [0.5, 0.6) is 5.88 Å². The highest BCUT2D eigenvalue weighted by molar-refractivity contribution is 5.41. The Bertz CT molecular complexity index is 403. The van der Waals surface area contributed by atoms with Crippen LogP contribution in [-0.2, 0) is 4.74 Å². The smallest absolute Gasteiger partial charge is 0.218 e. The molecular formula is C13H20N4O2. The molecule has 3 heterocycles. The molecule has 0 spiro atoms. The molecule has 0 saturated carbocycles. The normalized spacial score (nSPS) is 23.6. The number of hydrogen-bond donors (Lipinski definition) is 1. The highest BCUT2D eigenvalue weighted by atomic mass is 16.5. The summed E-state index contributed by atoms with van der Waals surface area (Å²) >= 11 is 0. The summed E-state index contributed by atoms with van der Waals surface area (Å²) < 4.78 is 11.1. The van der Waals surface area contributed by atoms with Gasteiger partial charge in [-0.1, -0.05) is 0 Å². The van der Waals surface area contributed by atoms with Crippen molar-refractivity contribution in [1.82, 2.24) is 15.3 Å². The van der Waals surface area contributed by atoms with E-state index in [0.29, 0.717) is 18.4 Å². The fourth-order valence-electron chi connectivity index (χ4n) is 2.39. The third kappa shape index (κ3) is 3.33. The van der Waals surface area contributed by atoms with Gasteiger partial charge in [0.2, 0.25) is 5.88 Å². The Morgan fingerprint density at radius 3 is 3.05 bits per heavy atom. The lowest BCUT2D eigenvalue weighted by molar-refractivity contribution is 0.165. The highest BCUT2D eigenvalue weighted by Gasteiger charge is 2.17. The van der Waals surface area contributed by atoms with Gasteiger partial charge in [-0.15, -0.1) is 0 Å². The minimum Gasteiger partial charge on any atom is -0.477 e. The molecule has 19 heavy (non-hydrogen) atoms. The molecular weight excluding hydrogens is 244 g/mol. The summed E-state index contributed by atoms with van der Waals surface area (Å²) in [6.07, 6.45) is 2.66. The average molecular weight is 264 g/mol. The molecule has 1 aromatic heterocycles. The summed E-state index contributed by atoms with van der Waals surface area (Å²) in [5, 5.41) is 3.33. The molecule has 1 unspecified atom stereocenters. The summed E-state index contributed by atoms with van der Waals surface area (Å²) in [4.78, 5) is 10.8. The third-order valence-corrected chi connectivity index (χ3v) is 3.56. The number of nitrogens with one attached hydrogen (secondary N) is 1. The standard InChI is InChI=1S/C13H20N4O2/c1-6-18-8-11(1)9-19-13-7-12(15-10-16-13)17-4-2-14-3-5-17/h7,10-11,14H,1-6,8-9H2. The van der Waals surface area contributed by atoms with Crippen molar-refractivity contribution in [3.8, 4) is 5.88 Å². The molecule has 0 amide bonds. The molecule has 104 valence electrons. The number of piperazine rings is 1. The van der Waals surface area contributed by atoms with Gasteiger partial charge in [0.1, 0.15) is 12.1 Å². The molecule has 2 aliphatic heterocycles. The molecule has 6 nitrogen and oxygen atoms in total. The van der Waals surface area contributed by atoms with Crippen molar-refractivity contribution >= 4 is 5.82 Å². The van der Waals surface area contributed by atoms with Gasteiger partial charge in [-0.25, -0.2) is 9.97 Å². The van der Waals surface area contributed by atoms with Crippen LogP contribution in [0, 0.1) is 5.92 Å². The van der Waals surface area contributed by atoms with Gasteiger partial charge < -0.3 is 19.7 Å². The molecule has 0 radical (unpaired) electrons. The number of nitrogens with zero attached hydrogens (tertiary/aromatic N) is 3. The van der Waals surface area contributed by atoms with Crippen LogP contribution >= 0.6 is 0 Å². The first-order valence-corrected chi connectivity index (χ1v) is 6.90. The second kappa shape index (κ2) is 6.16. The molecule has 0 aromatic carbocycles. The fourth-order valence-corrected chi connectivity index (χ4v) is 2.39. The minimum absolute atomic E-state index is 0.498. The minimum atomic E-state index is 0.498. The zero-order chi connectivity index (χ0) is 12.9. The first-order chi connectivity index (χ1) is 9.42. The largest absolute Gasteiger partial charge is 0.477 e. The van der Waals surface area contributed by atoms with E-state index in [4.69, 9.17) is 9.47 Å². The predicted molar refractivity (Wildman–Crippen MR) is 71.5 cm³/mol. The maximum atomic E-state index is 5.75. The summed E-state index contributed by atoms with van der Waals surface area (Å²) in [5.41, 5.74) is 0. The number of anilines is 1. The van der Waals surface area contributed by atoms with E-state index in [-0.39, 0.29) is 0 Å². The Labute approximate surface area is 113 Å². The van der Waals surface area contributed by atoms with E-state index in [1.807, 2.05) is 6.07 Å². The molecule has 1 N–H and O–H groups in total. The van der Waals surface area contributed by atoms with E-state index in [0.717, 1.165) is 51.6 Å². The van der Waals surface area contributed by atoms with E-state index in [2.05, 4.69) is 20.2 Å². The van der Waals surface area contributed by atoms with Crippen LogP contribution in [0.2, 0.25) is 0 Å². The van der Waals surface area contributed by atoms with E-state index in [1.165, 1.54) is 0 Å². The van der Waals surface area contributed by atoms with Gasteiger partial charge in [-0.3, -0.25) is 0 Å². The SMILES string of the molecule is c1nc(OCC2CCOC2)cc(N2CCNCC2)n1. The quantitative estimate of drug-likeness (QED) is 0.844. The Morgan fingerprint density at radius 2 is 2.26 bits per heavy atom. The second-order valence-electron chi connectivity index (χ2n) is 4.99. The summed E-state index contributed by atoms with van der Waals surface area (Å²) in [7, 11) is 0. The summed E-state index contributed by atoms with van der Waals surface area (Å²) in [6.45, 7) is 6.29. The van der Waals surface area contributed by atoms with Crippen molar-refractivity contribution in [2.75, 3.05) is 50.9 Å². The van der Waals surface area contributed by atoms with Gasteiger partial charge in [0.25, 0.3) is 0 Å². The maximum absolute atomic E-state index is 5.75. The van der Waals surface area contributed by atoms with E-state index in [1.54, 1.807) is 6.33 Å². The van der Waals surface area contributed by atoms with Gasteiger partial charge >= 0.3 is 0 Å². The van der Waals surface area contributed by atoms with Gasteiger partial charge in [-0.05, 0) is 6.42 Å². The van der Waals surface area contributed by atoms with E-state index >= 15 is 0 Å². The number of aromatic nitrogens is 2. The van der Waals surface area contributed by atoms with Crippen molar-refractivity contribution in [1.29, 1.82) is 0 Å². The van der Waals surface area contributed by atoms with Crippen molar-refractivity contribution in [3.05, 3.63) is 12.4 Å². The molecule has 2 saturated heterocycles. The molecule has 2 fully saturated rings. The summed E-state index contributed by atoms with van der Waals surface area (Å²) in [5.74, 6) is 2.11. The predicted octanol–water partition coefficient (Wildman–Crippen LogP) is 0.301. The van der Waals surface area contributed by atoms with Crippen LogP contribution < -0.4 is 15.0 Å². The highest BCUT2D eigenvalue weighted by Crippen LogP contribution is 2.18. The van der Waals surface area contributed by atoms with Gasteiger partial charge in [-0.2, -0.15) is 0 Å². The van der Waals surface area contributed by atoms with Gasteiger partial charge in [0, 0.05) is 44.8 Å². The molecule has 3 rings (SSSR count). The topological polar surface area (TPSA) is 59.5 Å². The van der Waals surface area contributed by atoms with Crippen molar-refractivity contribution < 1.29 is 9.47 Å². The van der Waals surface area contributed by atoms with Crippen LogP contribution in [0.4, 0.5) is 5.82 Å². The second-order valence-corrected chi connectivity index (χ2v) is 4.99. The van der Waals surface area contributed by atoms with Crippen LogP contribution in [0.1, 0.15) is 6.42 Å². The Balaban J connectivity index is 1.58. The Kier molecular flexibility index (Phi) is 4.10. The maximum Gasteiger partial charge on any atom is 0.218 e. The first-order valence-electron chi connectivity index (χ1n) is 6.90. The van der Waals surface area contributed by atoms with Crippen LogP contribution in [0.15, 0.2) is 12.4 Å². The van der Waals surface area contributed by atoms with Crippen LogP contribution in [-0.4, -0.2) is 56.0 Å². The van der Waals surface area contributed by atoms with Crippen LogP contribution in [0.3, 0.4) is 0 Å². The third-order valence-electron chi connectivity index (χ3n) is 3.56. The molecule has 2 aliphatic rings. The molecule has 0 bridgehead atoms. The lowest BCUT2D eigenvalue weighted by atomic mass is 10.1. The Hall–Kier alpha value is -1.40. The van der Waals surface area contributed by atoms with E-state index in [9.17, 15) is 0 Å². The van der Waals surface area contributed by atoms with Gasteiger partial charge in [0.05, 0.1) is 13.2 Å². The molecule has 1 aromatic rings. The first kappa shape index (κ1) is 12.6. The van der Waals surface area contributed by atoms with E-state index < -0.39 is 0 Å². The molecule has 1 atom stereocenters. The monoisotopic (exact) mass is 264 g/mol. The summed E-state index contributed by atoms with van der Waals surface area (Å²) in [6, 6.07) is 1.93. The number of hydrogen-bond acceptors (Lipinski definition) is 6. The molecule has 6 heteroatoms. The zero-order valence-electron chi connectivity index (χ0n) is 11.0. The lowest BCUT2D eigenvalue weighted by Gasteiger charge is -2.28. The van der Waals surface area contributed by atoms with Crippen molar-refractivity contribution in [2.24, 2.45) is 5.92 Å². The lowest BCUT2D eigenvalue weighted by Crippen LogP contribution is -2.43. The Morgan fingerprint density at radius 1 is 1.37 bits per heavy atom. The zero-order valence-corrected chi connectivity index (χ0v) is 11.0. The average Bonchev–Trinajstić information content (AvgIpc) is 3.00.